The van der Waals surface area contributed by atoms with Crippen molar-refractivity contribution in [3.63, 3.8) is 0 Å². The van der Waals surface area contributed by atoms with Gasteiger partial charge in [0.1, 0.15) is 11.2 Å². The molecule has 53 heavy (non-hydrogen) atoms. The monoisotopic (exact) mass is 697 g/mol. The Hall–Kier alpha value is -6.43. The molecule has 0 saturated carbocycles. The van der Waals surface area contributed by atoms with Gasteiger partial charge in [0.05, 0.1) is 0 Å². The minimum atomic E-state index is -0.173. The lowest BCUT2D eigenvalue weighted by molar-refractivity contribution is 0.658. The second-order valence-corrected chi connectivity index (χ2v) is 15.5. The molecule has 0 fully saturated rings. The largest absolute Gasteiger partial charge is 0.456 e. The first-order valence-electron chi connectivity index (χ1n) is 17.9. The van der Waals surface area contributed by atoms with Crippen molar-refractivity contribution in [1.82, 2.24) is 15.0 Å². The number of hydrogen-bond acceptors (Lipinski definition) is 5. The van der Waals surface area contributed by atoms with Crippen molar-refractivity contribution in [3.8, 4) is 56.4 Å². The van der Waals surface area contributed by atoms with Gasteiger partial charge in [0.25, 0.3) is 0 Å². The minimum Gasteiger partial charge on any atom is -0.456 e. The molecule has 4 nitrogen and oxygen atoms in total. The van der Waals surface area contributed by atoms with Crippen LogP contribution in [0.15, 0.2) is 156 Å². The SMILES string of the molecule is CC1(C)c2cc(-c3cccc(-c4nc(-c5ccccc5)nc(-c5ccc6c(c5)sc5ccccc56)n4)c3)ccc2-c2cc3oc4ccccc4c3cc21. The van der Waals surface area contributed by atoms with Crippen molar-refractivity contribution in [1.29, 1.82) is 0 Å². The number of thiophene rings is 1. The van der Waals surface area contributed by atoms with Gasteiger partial charge in [0.2, 0.25) is 0 Å². The fraction of sp³-hybridized carbons (Fsp3) is 0.0625. The van der Waals surface area contributed by atoms with E-state index in [1.54, 1.807) is 11.3 Å². The Morgan fingerprint density at radius 3 is 1.89 bits per heavy atom. The van der Waals surface area contributed by atoms with E-state index in [-0.39, 0.29) is 5.41 Å². The molecule has 0 radical (unpaired) electrons. The van der Waals surface area contributed by atoms with Crippen molar-refractivity contribution in [2.75, 3.05) is 0 Å². The Morgan fingerprint density at radius 2 is 1.04 bits per heavy atom. The van der Waals surface area contributed by atoms with E-state index in [1.165, 1.54) is 47.8 Å². The minimum absolute atomic E-state index is 0.173. The second-order valence-electron chi connectivity index (χ2n) is 14.4. The highest BCUT2D eigenvalue weighted by Gasteiger charge is 2.36. The van der Waals surface area contributed by atoms with Crippen LogP contribution in [0.1, 0.15) is 25.0 Å². The van der Waals surface area contributed by atoms with Crippen molar-refractivity contribution in [2.45, 2.75) is 19.3 Å². The summed E-state index contributed by atoms with van der Waals surface area (Å²) in [6, 6.07) is 53.6. The third kappa shape index (κ3) is 4.71. The number of aromatic nitrogens is 3. The Labute approximate surface area is 310 Å². The zero-order valence-corrected chi connectivity index (χ0v) is 29.9. The van der Waals surface area contributed by atoms with Crippen LogP contribution in [0, 0.1) is 0 Å². The molecule has 3 heterocycles. The van der Waals surface area contributed by atoms with Crippen molar-refractivity contribution < 1.29 is 4.42 Å². The molecular weight excluding hydrogens is 667 g/mol. The summed E-state index contributed by atoms with van der Waals surface area (Å²) in [5.74, 6) is 1.97. The molecule has 0 unspecified atom stereocenters. The maximum absolute atomic E-state index is 6.30. The molecule has 1 aliphatic rings. The molecular formula is C48H31N3OS. The van der Waals surface area contributed by atoms with Crippen molar-refractivity contribution >= 4 is 53.4 Å². The van der Waals surface area contributed by atoms with E-state index in [4.69, 9.17) is 19.4 Å². The van der Waals surface area contributed by atoms with Gasteiger partial charge in [0.15, 0.2) is 17.5 Å². The second kappa shape index (κ2) is 11.3. The van der Waals surface area contributed by atoms with E-state index < -0.39 is 0 Å². The van der Waals surface area contributed by atoms with Gasteiger partial charge in [0, 0.05) is 53.1 Å². The Balaban J connectivity index is 1.01. The van der Waals surface area contributed by atoms with Gasteiger partial charge in [-0.3, -0.25) is 0 Å². The van der Waals surface area contributed by atoms with Crippen LogP contribution in [0.2, 0.25) is 0 Å². The molecule has 0 saturated heterocycles. The van der Waals surface area contributed by atoms with Crippen LogP contribution in [0.3, 0.4) is 0 Å². The number of furan rings is 1. The molecule has 250 valence electrons. The summed E-state index contributed by atoms with van der Waals surface area (Å²) in [7, 11) is 0. The summed E-state index contributed by atoms with van der Waals surface area (Å²) >= 11 is 1.80. The molecule has 10 aromatic rings. The summed E-state index contributed by atoms with van der Waals surface area (Å²) in [4.78, 5) is 15.2. The van der Waals surface area contributed by atoms with Gasteiger partial charge >= 0.3 is 0 Å². The average molecular weight is 698 g/mol. The zero-order chi connectivity index (χ0) is 35.3. The molecule has 0 aliphatic heterocycles. The molecule has 5 heteroatoms. The summed E-state index contributed by atoms with van der Waals surface area (Å²) in [5.41, 5.74) is 12.0. The summed E-state index contributed by atoms with van der Waals surface area (Å²) < 4.78 is 8.80. The van der Waals surface area contributed by atoms with E-state index in [0.29, 0.717) is 17.5 Å². The molecule has 11 rings (SSSR count). The summed E-state index contributed by atoms with van der Waals surface area (Å²) in [6.07, 6.45) is 0. The maximum atomic E-state index is 6.30. The first kappa shape index (κ1) is 30.2. The smallest absolute Gasteiger partial charge is 0.164 e. The van der Waals surface area contributed by atoms with Crippen LogP contribution in [-0.2, 0) is 5.41 Å². The lowest BCUT2D eigenvalue weighted by Gasteiger charge is -2.22. The first-order chi connectivity index (χ1) is 26.0. The Bertz CT molecular complexity index is 3100. The molecule has 1 aliphatic carbocycles. The Kier molecular flexibility index (Phi) is 6.43. The third-order valence-electron chi connectivity index (χ3n) is 10.9. The van der Waals surface area contributed by atoms with E-state index >= 15 is 0 Å². The molecule has 0 amide bonds. The highest BCUT2D eigenvalue weighted by atomic mass is 32.1. The number of para-hydroxylation sites is 1. The van der Waals surface area contributed by atoms with Crippen LogP contribution in [0.5, 0.6) is 0 Å². The molecule has 0 atom stereocenters. The first-order valence-corrected chi connectivity index (χ1v) is 18.7. The highest BCUT2D eigenvalue weighted by molar-refractivity contribution is 7.25. The topological polar surface area (TPSA) is 51.8 Å². The number of nitrogens with zero attached hydrogens (tertiary/aromatic N) is 3. The van der Waals surface area contributed by atoms with Crippen LogP contribution in [0.25, 0.3) is 98.5 Å². The predicted octanol–water partition coefficient (Wildman–Crippen LogP) is 13.1. The van der Waals surface area contributed by atoms with Gasteiger partial charge in [-0.25, -0.2) is 15.0 Å². The fourth-order valence-electron chi connectivity index (χ4n) is 8.19. The van der Waals surface area contributed by atoms with Crippen molar-refractivity contribution in [2.24, 2.45) is 0 Å². The third-order valence-corrected chi connectivity index (χ3v) is 12.1. The zero-order valence-electron chi connectivity index (χ0n) is 29.1. The van der Waals surface area contributed by atoms with E-state index in [2.05, 4.69) is 135 Å². The quantitative estimate of drug-likeness (QED) is 0.184. The number of rotatable bonds is 4. The lowest BCUT2D eigenvalue weighted by Crippen LogP contribution is -2.15. The standard InChI is InChI=1S/C48H31N3OS/c1-48(2)39-24-30(19-21-33(39)37-27-42-38(26-40(37)48)34-15-6-8-17-41(34)52-42)29-13-10-14-31(23-29)46-49-45(28-11-4-3-5-12-28)50-47(51-46)32-20-22-36-35-16-7-9-18-43(35)53-44(36)25-32/h3-27H,1-2H3. The van der Waals surface area contributed by atoms with E-state index in [0.717, 1.165) is 44.4 Å². The van der Waals surface area contributed by atoms with Gasteiger partial charge in [-0.05, 0) is 75.8 Å². The molecule has 7 aromatic carbocycles. The molecule has 0 bridgehead atoms. The predicted molar refractivity (Wildman–Crippen MR) is 219 cm³/mol. The molecule has 3 aromatic heterocycles. The van der Waals surface area contributed by atoms with Gasteiger partial charge < -0.3 is 4.42 Å². The van der Waals surface area contributed by atoms with Crippen molar-refractivity contribution in [3.05, 3.63) is 163 Å². The lowest BCUT2D eigenvalue weighted by atomic mass is 9.81. The van der Waals surface area contributed by atoms with Crippen LogP contribution in [-0.4, -0.2) is 15.0 Å². The number of benzene rings is 7. The fourth-order valence-corrected chi connectivity index (χ4v) is 9.33. The Morgan fingerprint density at radius 1 is 0.415 bits per heavy atom. The summed E-state index contributed by atoms with van der Waals surface area (Å²) in [6.45, 7) is 4.67. The average Bonchev–Trinajstić information content (AvgIpc) is 3.84. The summed E-state index contributed by atoms with van der Waals surface area (Å²) in [5, 5.41) is 4.86. The van der Waals surface area contributed by atoms with Gasteiger partial charge in [-0.1, -0.05) is 123 Å². The maximum Gasteiger partial charge on any atom is 0.164 e. The van der Waals surface area contributed by atoms with Gasteiger partial charge in [-0.15, -0.1) is 11.3 Å². The highest BCUT2D eigenvalue weighted by Crippen LogP contribution is 2.51. The molecule has 0 spiro atoms. The van der Waals surface area contributed by atoms with E-state index in [9.17, 15) is 0 Å². The number of hydrogen-bond donors (Lipinski definition) is 0. The number of fused-ring (bicyclic) bond motifs is 9. The van der Waals surface area contributed by atoms with Gasteiger partial charge in [-0.2, -0.15) is 0 Å². The molecule has 0 N–H and O–H groups in total. The van der Waals surface area contributed by atoms with Crippen LogP contribution >= 0.6 is 11.3 Å². The van der Waals surface area contributed by atoms with Crippen LogP contribution in [0.4, 0.5) is 0 Å². The van der Waals surface area contributed by atoms with E-state index in [1.807, 2.05) is 30.3 Å². The van der Waals surface area contributed by atoms with Crippen LogP contribution < -0.4 is 0 Å². The normalized spacial score (nSPS) is 13.2.